The third-order valence-corrected chi connectivity index (χ3v) is 4.05. The molecular weight excluding hydrogens is 230 g/mol. The maximum absolute atomic E-state index is 5.35. The molecular formula is C14H19NOS. The second kappa shape index (κ2) is 5.05. The lowest BCUT2D eigenvalue weighted by Gasteiger charge is -2.19. The Hall–Kier alpha value is -1.09. The van der Waals surface area contributed by atoms with Gasteiger partial charge in [-0.15, -0.1) is 0 Å². The number of methoxy groups -OCH3 is 1. The topological polar surface area (TPSA) is 12.5 Å². The fourth-order valence-corrected chi connectivity index (χ4v) is 2.41. The highest BCUT2D eigenvalue weighted by molar-refractivity contribution is 7.80. The van der Waals surface area contributed by atoms with Crippen LogP contribution in [0.3, 0.4) is 0 Å². The minimum absolute atomic E-state index is 0.578. The van der Waals surface area contributed by atoms with Gasteiger partial charge in [0.05, 0.1) is 12.1 Å². The van der Waals surface area contributed by atoms with Crippen LogP contribution in [0.25, 0.3) is 0 Å². The Morgan fingerprint density at radius 2 is 2.29 bits per heavy atom. The fourth-order valence-electron chi connectivity index (χ4n) is 2.27. The van der Waals surface area contributed by atoms with E-state index in [-0.39, 0.29) is 0 Å². The fraction of sp³-hybridized carbons (Fsp3) is 0.500. The number of ether oxygens (including phenoxy) is 1. The summed E-state index contributed by atoms with van der Waals surface area (Å²) >= 11 is 5.35. The first-order valence-corrected chi connectivity index (χ1v) is 6.47. The van der Waals surface area contributed by atoms with Gasteiger partial charge in [-0.25, -0.2) is 0 Å². The van der Waals surface area contributed by atoms with Crippen LogP contribution in [-0.2, 0) is 0 Å². The molecule has 2 nitrogen and oxygen atoms in total. The van der Waals surface area contributed by atoms with Gasteiger partial charge in [0, 0.05) is 19.0 Å². The zero-order chi connectivity index (χ0) is 12.4. The first kappa shape index (κ1) is 12.4. The van der Waals surface area contributed by atoms with Gasteiger partial charge in [-0.05, 0) is 30.5 Å². The second-order valence-electron chi connectivity index (χ2n) is 4.54. The molecule has 92 valence electrons. The maximum atomic E-state index is 5.35. The van der Waals surface area contributed by atoms with Crippen LogP contribution in [-0.4, -0.2) is 30.1 Å². The number of rotatable bonds is 4. The molecule has 0 radical (unpaired) electrons. The van der Waals surface area contributed by atoms with Crippen molar-refractivity contribution in [3.8, 4) is 5.75 Å². The molecule has 2 rings (SSSR count). The van der Waals surface area contributed by atoms with Gasteiger partial charge in [0.2, 0.25) is 0 Å². The third kappa shape index (κ3) is 2.60. The number of hydrogen-bond donors (Lipinski definition) is 0. The van der Waals surface area contributed by atoms with Crippen LogP contribution in [0.4, 0.5) is 0 Å². The molecule has 1 saturated carbocycles. The smallest absolute Gasteiger partial charge is 0.119 e. The standard InChI is InChI=1S/C14H19NOS/c1-4-14(17)15(2)13-9-12(13)10-6-5-7-11(8-10)16-3/h5-8,12-13H,4,9H2,1-3H3. The number of hydrogen-bond acceptors (Lipinski definition) is 2. The summed E-state index contributed by atoms with van der Waals surface area (Å²) in [5.41, 5.74) is 1.36. The Bertz CT molecular complexity index is 418. The van der Waals surface area contributed by atoms with Gasteiger partial charge in [-0.1, -0.05) is 31.3 Å². The SMILES string of the molecule is CCC(=S)N(C)C1CC1c1cccc(OC)c1. The van der Waals surface area contributed by atoms with E-state index in [1.807, 2.05) is 6.07 Å². The molecule has 0 aromatic heterocycles. The Kier molecular flexibility index (Phi) is 3.67. The lowest BCUT2D eigenvalue weighted by Crippen LogP contribution is -2.27. The van der Waals surface area contributed by atoms with E-state index >= 15 is 0 Å². The lowest BCUT2D eigenvalue weighted by molar-refractivity contribution is 0.414. The van der Waals surface area contributed by atoms with Crippen LogP contribution in [0.1, 0.15) is 31.2 Å². The molecule has 1 aliphatic carbocycles. The van der Waals surface area contributed by atoms with Crippen molar-refractivity contribution in [1.82, 2.24) is 4.90 Å². The number of nitrogens with zero attached hydrogens (tertiary/aromatic N) is 1. The Balaban J connectivity index is 2.04. The molecule has 1 fully saturated rings. The summed E-state index contributed by atoms with van der Waals surface area (Å²) in [5, 5.41) is 0. The van der Waals surface area contributed by atoms with Crippen LogP contribution < -0.4 is 4.74 Å². The first-order valence-electron chi connectivity index (χ1n) is 6.07. The van der Waals surface area contributed by atoms with Crippen LogP contribution >= 0.6 is 12.2 Å². The molecule has 0 aliphatic heterocycles. The average Bonchev–Trinajstić information content (AvgIpc) is 3.17. The Morgan fingerprint density at radius 1 is 1.53 bits per heavy atom. The normalized spacial score (nSPS) is 22.1. The molecule has 17 heavy (non-hydrogen) atoms. The molecule has 3 heteroatoms. The van der Waals surface area contributed by atoms with E-state index in [4.69, 9.17) is 17.0 Å². The average molecular weight is 249 g/mol. The van der Waals surface area contributed by atoms with Crippen molar-refractivity contribution in [2.45, 2.75) is 31.7 Å². The third-order valence-electron chi connectivity index (χ3n) is 3.47. The van der Waals surface area contributed by atoms with Crippen LogP contribution in [0.15, 0.2) is 24.3 Å². The second-order valence-corrected chi connectivity index (χ2v) is 5.02. The molecule has 1 aromatic rings. The van der Waals surface area contributed by atoms with Crippen molar-refractivity contribution in [3.05, 3.63) is 29.8 Å². The van der Waals surface area contributed by atoms with Gasteiger partial charge in [0.25, 0.3) is 0 Å². The molecule has 0 saturated heterocycles. The summed E-state index contributed by atoms with van der Waals surface area (Å²) in [4.78, 5) is 3.31. The summed E-state index contributed by atoms with van der Waals surface area (Å²) in [5.74, 6) is 1.55. The summed E-state index contributed by atoms with van der Waals surface area (Å²) in [6, 6.07) is 8.93. The van der Waals surface area contributed by atoms with E-state index in [1.54, 1.807) is 7.11 Å². The van der Waals surface area contributed by atoms with E-state index in [0.29, 0.717) is 12.0 Å². The highest BCUT2D eigenvalue weighted by Gasteiger charge is 2.42. The van der Waals surface area contributed by atoms with Crippen molar-refractivity contribution in [2.75, 3.05) is 14.2 Å². The van der Waals surface area contributed by atoms with Crippen LogP contribution in [0.2, 0.25) is 0 Å². The molecule has 1 aromatic carbocycles. The molecule has 0 N–H and O–H groups in total. The van der Waals surface area contributed by atoms with E-state index in [2.05, 4.69) is 37.1 Å². The van der Waals surface area contributed by atoms with E-state index in [1.165, 1.54) is 12.0 Å². The molecule has 1 aliphatic rings. The van der Waals surface area contributed by atoms with Crippen molar-refractivity contribution >= 4 is 17.2 Å². The van der Waals surface area contributed by atoms with Crippen LogP contribution in [0.5, 0.6) is 5.75 Å². The molecule has 0 amide bonds. The first-order chi connectivity index (χ1) is 8.17. The van der Waals surface area contributed by atoms with Gasteiger partial charge in [-0.2, -0.15) is 0 Å². The number of likely N-dealkylation sites (N-methyl/N-ethyl adjacent to an activating group) is 1. The van der Waals surface area contributed by atoms with Gasteiger partial charge in [-0.3, -0.25) is 0 Å². The van der Waals surface area contributed by atoms with Gasteiger partial charge in [0.1, 0.15) is 5.75 Å². The molecule has 0 spiro atoms. The quantitative estimate of drug-likeness (QED) is 0.760. The number of benzene rings is 1. The van der Waals surface area contributed by atoms with Crippen LogP contribution in [0, 0.1) is 0 Å². The maximum Gasteiger partial charge on any atom is 0.119 e. The highest BCUT2D eigenvalue weighted by atomic mass is 32.1. The molecule has 0 heterocycles. The van der Waals surface area contributed by atoms with Gasteiger partial charge in [0.15, 0.2) is 0 Å². The number of thiocarbonyl (C=S) groups is 1. The molecule has 2 unspecified atom stereocenters. The van der Waals surface area contributed by atoms with Crippen molar-refractivity contribution < 1.29 is 4.74 Å². The molecule has 0 bridgehead atoms. The van der Waals surface area contributed by atoms with Crippen molar-refractivity contribution in [3.63, 3.8) is 0 Å². The predicted molar refractivity (Wildman–Crippen MR) is 74.8 cm³/mol. The monoisotopic (exact) mass is 249 g/mol. The van der Waals surface area contributed by atoms with Crippen molar-refractivity contribution in [2.24, 2.45) is 0 Å². The van der Waals surface area contributed by atoms with E-state index in [9.17, 15) is 0 Å². The Labute approximate surface area is 109 Å². The lowest BCUT2D eigenvalue weighted by atomic mass is 10.1. The zero-order valence-corrected chi connectivity index (χ0v) is 11.5. The summed E-state index contributed by atoms with van der Waals surface area (Å²) in [6.07, 6.45) is 2.15. The summed E-state index contributed by atoms with van der Waals surface area (Å²) < 4.78 is 5.26. The highest BCUT2D eigenvalue weighted by Crippen LogP contribution is 2.45. The zero-order valence-electron chi connectivity index (χ0n) is 10.6. The van der Waals surface area contributed by atoms with E-state index < -0.39 is 0 Å². The summed E-state index contributed by atoms with van der Waals surface area (Å²) in [6.45, 7) is 2.11. The minimum atomic E-state index is 0.578. The summed E-state index contributed by atoms with van der Waals surface area (Å²) in [7, 11) is 3.82. The minimum Gasteiger partial charge on any atom is -0.497 e. The Morgan fingerprint density at radius 3 is 2.94 bits per heavy atom. The molecule has 2 atom stereocenters. The van der Waals surface area contributed by atoms with Gasteiger partial charge < -0.3 is 9.64 Å². The van der Waals surface area contributed by atoms with E-state index in [0.717, 1.165) is 17.2 Å². The largest absolute Gasteiger partial charge is 0.497 e. The predicted octanol–water partition coefficient (Wildman–Crippen LogP) is 3.22. The van der Waals surface area contributed by atoms with Gasteiger partial charge >= 0.3 is 0 Å². The van der Waals surface area contributed by atoms with Crippen molar-refractivity contribution in [1.29, 1.82) is 0 Å².